The van der Waals surface area contributed by atoms with Gasteiger partial charge in [-0.05, 0) is 18.2 Å². The zero-order chi connectivity index (χ0) is 16.4. The quantitative estimate of drug-likeness (QED) is 0.605. The van der Waals surface area contributed by atoms with Gasteiger partial charge >= 0.3 is 0 Å². The Hall–Kier alpha value is -2.98. The summed E-state index contributed by atoms with van der Waals surface area (Å²) in [6.07, 6.45) is -0.699. The van der Waals surface area contributed by atoms with Crippen LogP contribution >= 0.6 is 0 Å². The zero-order valence-corrected chi connectivity index (χ0v) is 13.3. The van der Waals surface area contributed by atoms with Gasteiger partial charge in [-0.25, -0.2) is 0 Å². The maximum absolute atomic E-state index is 6.38. The van der Waals surface area contributed by atoms with Crippen LogP contribution in [-0.4, -0.2) is 4.90 Å². The van der Waals surface area contributed by atoms with Gasteiger partial charge in [0.25, 0.3) is 0 Å². The molecule has 0 amide bonds. The van der Waals surface area contributed by atoms with E-state index in [9.17, 15) is 0 Å². The predicted molar refractivity (Wildman–Crippen MR) is 91.3 cm³/mol. The SMILES string of the molecule is c1ccc2c(c1)O[C@H]1c3ccccc3O[C@@H]3c4ccccc4O[C@H]2N31. The second kappa shape index (κ2) is 4.77. The molecule has 0 N–H and O–H groups in total. The summed E-state index contributed by atoms with van der Waals surface area (Å²) >= 11 is 0. The largest absolute Gasteiger partial charge is 0.470 e. The summed E-state index contributed by atoms with van der Waals surface area (Å²) in [5.74, 6) is 2.59. The van der Waals surface area contributed by atoms with Gasteiger partial charge in [0.1, 0.15) is 17.2 Å². The van der Waals surface area contributed by atoms with Gasteiger partial charge < -0.3 is 14.2 Å². The number of fused-ring (bicyclic) bond motifs is 6. The Kier molecular flexibility index (Phi) is 2.54. The highest BCUT2D eigenvalue weighted by atomic mass is 16.6. The third-order valence-electron chi connectivity index (χ3n) is 5.08. The molecular formula is C21H15NO3. The number of hydrogen-bond donors (Lipinski definition) is 0. The highest BCUT2D eigenvalue weighted by molar-refractivity contribution is 5.47. The van der Waals surface area contributed by atoms with E-state index >= 15 is 0 Å². The van der Waals surface area contributed by atoms with Crippen LogP contribution in [0.3, 0.4) is 0 Å². The fraction of sp³-hybridized carbons (Fsp3) is 0.143. The summed E-state index contributed by atoms with van der Waals surface area (Å²) in [5.41, 5.74) is 3.09. The predicted octanol–water partition coefficient (Wildman–Crippen LogP) is 4.56. The van der Waals surface area contributed by atoms with Gasteiger partial charge in [0.2, 0.25) is 0 Å². The minimum Gasteiger partial charge on any atom is -0.470 e. The van der Waals surface area contributed by atoms with Gasteiger partial charge in [0, 0.05) is 0 Å². The van der Waals surface area contributed by atoms with Crippen LogP contribution < -0.4 is 14.2 Å². The first-order valence-corrected chi connectivity index (χ1v) is 8.44. The molecule has 0 unspecified atom stereocenters. The fourth-order valence-corrected chi connectivity index (χ4v) is 3.96. The van der Waals surface area contributed by atoms with E-state index < -0.39 is 0 Å². The molecule has 3 aliphatic rings. The van der Waals surface area contributed by atoms with Crippen LogP contribution in [0.25, 0.3) is 0 Å². The molecule has 4 heteroatoms. The standard InChI is InChI=1S/C21H15NO3/c1-4-10-16-13(7-1)19-22-20(23-16)15-9-3-6-12-18(15)25-21(22)14-8-2-5-11-17(14)24-19/h1-12,19-21H/t19-,20-,21+/m1/s1. The molecule has 3 aromatic carbocycles. The first-order valence-electron chi connectivity index (χ1n) is 8.44. The van der Waals surface area contributed by atoms with E-state index in [0.717, 1.165) is 33.9 Å². The Morgan fingerprint density at radius 2 is 0.800 bits per heavy atom. The van der Waals surface area contributed by atoms with Gasteiger partial charge in [-0.15, -0.1) is 0 Å². The lowest BCUT2D eigenvalue weighted by Crippen LogP contribution is -2.50. The Morgan fingerprint density at radius 3 is 1.16 bits per heavy atom. The van der Waals surface area contributed by atoms with Crippen molar-refractivity contribution in [2.75, 3.05) is 0 Å². The van der Waals surface area contributed by atoms with Crippen molar-refractivity contribution in [3.05, 3.63) is 89.5 Å². The summed E-state index contributed by atoms with van der Waals surface area (Å²) in [5, 5.41) is 0. The summed E-state index contributed by atoms with van der Waals surface area (Å²) in [6, 6.07) is 24.2. The molecular weight excluding hydrogens is 314 g/mol. The molecule has 0 aromatic heterocycles. The van der Waals surface area contributed by atoms with E-state index in [-0.39, 0.29) is 18.7 Å². The van der Waals surface area contributed by atoms with Crippen LogP contribution in [0.15, 0.2) is 72.8 Å². The number of ether oxygens (including phenoxy) is 3. The Balaban J connectivity index is 1.62. The fourth-order valence-electron chi connectivity index (χ4n) is 3.96. The molecule has 0 radical (unpaired) electrons. The smallest absolute Gasteiger partial charge is 0.188 e. The van der Waals surface area contributed by atoms with Crippen molar-refractivity contribution in [1.82, 2.24) is 4.90 Å². The lowest BCUT2D eigenvalue weighted by atomic mass is 9.99. The van der Waals surface area contributed by atoms with Gasteiger partial charge in [0.05, 0.1) is 16.7 Å². The average Bonchev–Trinajstić information content (AvgIpc) is 2.68. The topological polar surface area (TPSA) is 30.9 Å². The lowest BCUT2D eigenvalue weighted by Gasteiger charge is -2.51. The van der Waals surface area contributed by atoms with Crippen LogP contribution in [0.4, 0.5) is 0 Å². The van der Waals surface area contributed by atoms with Crippen LogP contribution in [0.1, 0.15) is 35.4 Å². The van der Waals surface area contributed by atoms with E-state index in [2.05, 4.69) is 23.1 Å². The summed E-state index contributed by atoms with van der Waals surface area (Å²) in [7, 11) is 0. The van der Waals surface area contributed by atoms with E-state index in [1.54, 1.807) is 0 Å². The average molecular weight is 329 g/mol. The van der Waals surface area contributed by atoms with Crippen LogP contribution in [-0.2, 0) is 0 Å². The summed E-state index contributed by atoms with van der Waals surface area (Å²) in [6.45, 7) is 0. The first kappa shape index (κ1) is 13.3. The number of rotatable bonds is 0. The monoisotopic (exact) mass is 329 g/mol. The van der Waals surface area contributed by atoms with Gasteiger partial charge in [-0.3, -0.25) is 0 Å². The van der Waals surface area contributed by atoms with E-state index in [0.29, 0.717) is 0 Å². The van der Waals surface area contributed by atoms with Crippen LogP contribution in [0.5, 0.6) is 17.2 Å². The number of para-hydroxylation sites is 3. The third kappa shape index (κ3) is 1.74. The highest BCUT2D eigenvalue weighted by Gasteiger charge is 2.50. The molecule has 3 aliphatic heterocycles. The Morgan fingerprint density at radius 1 is 0.480 bits per heavy atom. The maximum Gasteiger partial charge on any atom is 0.188 e. The number of nitrogens with zero attached hydrogens (tertiary/aromatic N) is 1. The van der Waals surface area contributed by atoms with E-state index in [1.807, 2.05) is 54.6 Å². The number of hydrogen-bond acceptors (Lipinski definition) is 4. The zero-order valence-electron chi connectivity index (χ0n) is 13.3. The molecule has 4 nitrogen and oxygen atoms in total. The molecule has 3 heterocycles. The lowest BCUT2D eigenvalue weighted by molar-refractivity contribution is -0.202. The summed E-state index contributed by atoms with van der Waals surface area (Å²) < 4.78 is 19.1. The van der Waals surface area contributed by atoms with Crippen molar-refractivity contribution < 1.29 is 14.2 Å². The first-order chi connectivity index (χ1) is 12.4. The van der Waals surface area contributed by atoms with Gasteiger partial charge in [0.15, 0.2) is 18.7 Å². The summed E-state index contributed by atoms with van der Waals surface area (Å²) in [4.78, 5) is 2.17. The minimum atomic E-state index is -0.233. The van der Waals surface area contributed by atoms with Gasteiger partial charge in [-0.2, -0.15) is 4.90 Å². The molecule has 25 heavy (non-hydrogen) atoms. The molecule has 0 saturated heterocycles. The molecule has 3 aromatic rings. The van der Waals surface area contributed by atoms with E-state index in [1.165, 1.54) is 0 Å². The second-order valence-electron chi connectivity index (χ2n) is 6.47. The molecule has 0 spiro atoms. The van der Waals surface area contributed by atoms with Crippen molar-refractivity contribution in [3.63, 3.8) is 0 Å². The van der Waals surface area contributed by atoms with E-state index in [4.69, 9.17) is 14.2 Å². The second-order valence-corrected chi connectivity index (χ2v) is 6.47. The van der Waals surface area contributed by atoms with Crippen molar-refractivity contribution in [1.29, 1.82) is 0 Å². The Labute approximate surface area is 145 Å². The molecule has 122 valence electrons. The minimum absolute atomic E-state index is 0.233. The molecule has 3 atom stereocenters. The van der Waals surface area contributed by atoms with Crippen molar-refractivity contribution in [3.8, 4) is 17.2 Å². The third-order valence-corrected chi connectivity index (χ3v) is 5.08. The van der Waals surface area contributed by atoms with Crippen molar-refractivity contribution in [2.45, 2.75) is 18.7 Å². The molecule has 6 rings (SSSR count). The van der Waals surface area contributed by atoms with Crippen LogP contribution in [0.2, 0.25) is 0 Å². The molecule has 0 bridgehead atoms. The van der Waals surface area contributed by atoms with Crippen molar-refractivity contribution >= 4 is 0 Å². The van der Waals surface area contributed by atoms with Crippen LogP contribution in [0, 0.1) is 0 Å². The molecule has 0 saturated carbocycles. The van der Waals surface area contributed by atoms with Gasteiger partial charge in [-0.1, -0.05) is 54.6 Å². The Bertz CT molecular complexity index is 859. The molecule has 0 fully saturated rings. The van der Waals surface area contributed by atoms with Crippen molar-refractivity contribution in [2.24, 2.45) is 0 Å². The number of benzene rings is 3. The highest BCUT2D eigenvalue weighted by Crippen LogP contribution is 2.55. The maximum atomic E-state index is 6.38. The molecule has 0 aliphatic carbocycles. The normalized spacial score (nSPS) is 25.2.